The van der Waals surface area contributed by atoms with Crippen LogP contribution in [0.15, 0.2) is 34.4 Å². The first-order chi connectivity index (χ1) is 12.5. The van der Waals surface area contributed by atoms with Gasteiger partial charge in [0.1, 0.15) is 6.10 Å². The lowest BCUT2D eigenvalue weighted by Gasteiger charge is -2.53. The van der Waals surface area contributed by atoms with Crippen LogP contribution in [0.5, 0.6) is 0 Å². The highest BCUT2D eigenvalue weighted by Crippen LogP contribution is 2.57. The van der Waals surface area contributed by atoms with Gasteiger partial charge in [0.2, 0.25) is 5.79 Å². The molecule has 0 unspecified atom stereocenters. The fourth-order valence-electron chi connectivity index (χ4n) is 4.48. The molecule has 5 atom stereocenters. The summed E-state index contributed by atoms with van der Waals surface area (Å²) >= 11 is 0. The van der Waals surface area contributed by atoms with Gasteiger partial charge in [0.15, 0.2) is 0 Å². The first-order valence-electron chi connectivity index (χ1n) is 9.47. The van der Waals surface area contributed by atoms with Gasteiger partial charge >= 0.3 is 11.9 Å². The lowest BCUT2D eigenvalue weighted by molar-refractivity contribution is -0.197. The highest BCUT2D eigenvalue weighted by atomic mass is 16.7. The molecule has 2 aliphatic carbocycles. The summed E-state index contributed by atoms with van der Waals surface area (Å²) in [4.78, 5) is 24.2. The molecule has 0 radical (unpaired) electrons. The van der Waals surface area contributed by atoms with Crippen LogP contribution in [0.25, 0.3) is 0 Å². The topological polar surface area (TPSA) is 93.1 Å². The number of carbonyl (C=O) groups excluding carboxylic acids is 2. The molecule has 2 N–H and O–H groups in total. The third-order valence-electron chi connectivity index (χ3n) is 6.65. The molecule has 0 aromatic rings. The summed E-state index contributed by atoms with van der Waals surface area (Å²) in [5.74, 6) is -2.98. The Balaban J connectivity index is 1.93. The molecule has 6 heteroatoms. The van der Waals surface area contributed by atoms with Crippen LogP contribution < -0.4 is 0 Å². The van der Waals surface area contributed by atoms with E-state index >= 15 is 0 Å². The lowest BCUT2D eigenvalue weighted by Crippen LogP contribution is -2.56. The van der Waals surface area contributed by atoms with Crippen LogP contribution in [0.2, 0.25) is 0 Å². The van der Waals surface area contributed by atoms with Crippen LogP contribution in [0.3, 0.4) is 0 Å². The number of ether oxygens (including phenoxy) is 2. The quantitative estimate of drug-likeness (QED) is 0.447. The van der Waals surface area contributed by atoms with Crippen LogP contribution >= 0.6 is 0 Å². The van der Waals surface area contributed by atoms with Gasteiger partial charge in [-0.3, -0.25) is 0 Å². The SMILES string of the molecule is CC/C(C)=C/C(=O)O[C@H]1CC=C2C[C@@]3(O)OC(=O)C(C)=C3[C@@H](O)[C@]2(C)[C@H]1C. The van der Waals surface area contributed by atoms with Gasteiger partial charge in [-0.1, -0.05) is 38.0 Å². The van der Waals surface area contributed by atoms with E-state index in [0.29, 0.717) is 6.42 Å². The van der Waals surface area contributed by atoms with Crippen LogP contribution in [0.1, 0.15) is 53.9 Å². The molecule has 6 nitrogen and oxygen atoms in total. The number of esters is 2. The highest BCUT2D eigenvalue weighted by Gasteiger charge is 2.61. The number of rotatable bonds is 3. The summed E-state index contributed by atoms with van der Waals surface area (Å²) in [6.45, 7) is 9.23. The molecule has 1 aliphatic heterocycles. The molecule has 27 heavy (non-hydrogen) atoms. The molecule has 1 fully saturated rings. The molecule has 3 rings (SSSR count). The third-order valence-corrected chi connectivity index (χ3v) is 6.65. The van der Waals surface area contributed by atoms with Crippen molar-refractivity contribution >= 4 is 11.9 Å². The van der Waals surface area contributed by atoms with Crippen molar-refractivity contribution in [3.63, 3.8) is 0 Å². The van der Waals surface area contributed by atoms with Gasteiger partial charge in [-0.05, 0) is 20.3 Å². The monoisotopic (exact) mass is 376 g/mol. The molecular weight excluding hydrogens is 348 g/mol. The minimum absolute atomic E-state index is 0.124. The van der Waals surface area contributed by atoms with E-state index in [2.05, 4.69) is 0 Å². The summed E-state index contributed by atoms with van der Waals surface area (Å²) in [6.07, 6.45) is 3.29. The number of fused-ring (bicyclic) bond motifs is 2. The molecular formula is C21H28O6. The average molecular weight is 376 g/mol. The lowest BCUT2D eigenvalue weighted by atomic mass is 9.56. The number of carbonyl (C=O) groups is 2. The van der Waals surface area contributed by atoms with Crippen molar-refractivity contribution in [1.29, 1.82) is 0 Å². The van der Waals surface area contributed by atoms with Crippen LogP contribution in [-0.4, -0.2) is 40.1 Å². The molecule has 0 aromatic heterocycles. The minimum atomic E-state index is -1.78. The maximum atomic E-state index is 12.2. The van der Waals surface area contributed by atoms with E-state index in [-0.39, 0.29) is 29.5 Å². The second-order valence-electron chi connectivity index (χ2n) is 8.15. The molecule has 1 heterocycles. The van der Waals surface area contributed by atoms with E-state index < -0.39 is 29.4 Å². The van der Waals surface area contributed by atoms with Gasteiger partial charge < -0.3 is 19.7 Å². The smallest absolute Gasteiger partial charge is 0.336 e. The molecule has 0 spiro atoms. The largest absolute Gasteiger partial charge is 0.459 e. The van der Waals surface area contributed by atoms with Crippen molar-refractivity contribution < 1.29 is 29.3 Å². The van der Waals surface area contributed by atoms with Gasteiger partial charge in [-0.15, -0.1) is 0 Å². The Labute approximate surface area is 159 Å². The molecule has 3 aliphatic rings. The fraction of sp³-hybridized carbons (Fsp3) is 0.619. The number of allylic oxidation sites excluding steroid dienone is 1. The molecule has 1 saturated carbocycles. The fourth-order valence-corrected chi connectivity index (χ4v) is 4.48. The van der Waals surface area contributed by atoms with Crippen molar-refractivity contribution in [1.82, 2.24) is 0 Å². The van der Waals surface area contributed by atoms with E-state index in [1.54, 1.807) is 6.92 Å². The van der Waals surface area contributed by atoms with Gasteiger partial charge in [-0.2, -0.15) is 0 Å². The average Bonchev–Trinajstić information content (AvgIpc) is 2.82. The van der Waals surface area contributed by atoms with Crippen molar-refractivity contribution in [2.75, 3.05) is 0 Å². The summed E-state index contributed by atoms with van der Waals surface area (Å²) < 4.78 is 10.8. The normalized spacial score (nSPS) is 38.8. The zero-order chi connectivity index (χ0) is 20.1. The van der Waals surface area contributed by atoms with Crippen molar-refractivity contribution in [3.05, 3.63) is 34.4 Å². The van der Waals surface area contributed by atoms with E-state index in [9.17, 15) is 19.8 Å². The summed E-state index contributed by atoms with van der Waals surface area (Å²) in [7, 11) is 0. The van der Waals surface area contributed by atoms with Gasteiger partial charge in [0, 0.05) is 41.4 Å². The summed E-state index contributed by atoms with van der Waals surface area (Å²) in [5, 5.41) is 22.0. The Morgan fingerprint density at radius 3 is 2.78 bits per heavy atom. The van der Waals surface area contributed by atoms with Crippen molar-refractivity contribution in [2.45, 2.75) is 71.9 Å². The van der Waals surface area contributed by atoms with Crippen LogP contribution in [0, 0.1) is 11.3 Å². The predicted octanol–water partition coefficient (Wildman–Crippen LogP) is 2.55. The Kier molecular flexibility index (Phi) is 4.85. The van der Waals surface area contributed by atoms with Crippen molar-refractivity contribution in [2.24, 2.45) is 11.3 Å². The van der Waals surface area contributed by atoms with Gasteiger partial charge in [0.05, 0.1) is 6.10 Å². The highest BCUT2D eigenvalue weighted by molar-refractivity contribution is 5.92. The molecule has 0 amide bonds. The minimum Gasteiger partial charge on any atom is -0.459 e. The van der Waals surface area contributed by atoms with Crippen molar-refractivity contribution in [3.8, 4) is 0 Å². The number of aliphatic hydroxyl groups is 2. The van der Waals surface area contributed by atoms with E-state index in [0.717, 1.165) is 17.6 Å². The van der Waals surface area contributed by atoms with Crippen LogP contribution in [-0.2, 0) is 19.1 Å². The Morgan fingerprint density at radius 1 is 1.48 bits per heavy atom. The van der Waals surface area contributed by atoms with E-state index in [4.69, 9.17) is 9.47 Å². The maximum Gasteiger partial charge on any atom is 0.336 e. The maximum absolute atomic E-state index is 12.2. The zero-order valence-corrected chi connectivity index (χ0v) is 16.5. The zero-order valence-electron chi connectivity index (χ0n) is 16.5. The number of hydrogen-bond donors (Lipinski definition) is 2. The Morgan fingerprint density at radius 2 is 2.15 bits per heavy atom. The summed E-state index contributed by atoms with van der Waals surface area (Å²) in [6, 6.07) is 0. The Bertz CT molecular complexity index is 776. The molecule has 0 aromatic carbocycles. The second-order valence-corrected chi connectivity index (χ2v) is 8.15. The summed E-state index contributed by atoms with van der Waals surface area (Å²) in [5.41, 5.74) is 1.48. The predicted molar refractivity (Wildman–Crippen MR) is 98.3 cm³/mol. The van der Waals surface area contributed by atoms with Gasteiger partial charge in [0.25, 0.3) is 0 Å². The second kappa shape index (κ2) is 6.60. The number of aliphatic hydroxyl groups excluding tert-OH is 1. The van der Waals surface area contributed by atoms with Gasteiger partial charge in [-0.25, -0.2) is 9.59 Å². The number of hydrogen-bond acceptors (Lipinski definition) is 6. The Hall–Kier alpha value is -1.92. The molecule has 0 bridgehead atoms. The standard InChI is InChI=1S/C21H28O6/c1-6-11(2)9-16(22)26-15-8-7-14-10-21(25)17(12(3)19(24)27-21)18(23)20(14,5)13(15)4/h7,9,13,15,18,23,25H,6,8,10H2,1-5H3/b11-9+/t13-,15-,18+,20+,21+/m0/s1. The third kappa shape index (κ3) is 2.95. The van der Waals surface area contributed by atoms with E-state index in [1.807, 2.05) is 33.8 Å². The van der Waals surface area contributed by atoms with Crippen LogP contribution in [0.4, 0.5) is 0 Å². The first kappa shape index (κ1) is 19.8. The van der Waals surface area contributed by atoms with E-state index in [1.165, 1.54) is 6.08 Å². The molecule has 148 valence electrons. The first-order valence-corrected chi connectivity index (χ1v) is 9.47. The molecule has 0 saturated heterocycles.